The van der Waals surface area contributed by atoms with Crippen LogP contribution in [0, 0.1) is 0 Å². The Morgan fingerprint density at radius 3 is 2.55 bits per heavy atom. The summed E-state index contributed by atoms with van der Waals surface area (Å²) in [4.78, 5) is 11.5. The lowest BCUT2D eigenvalue weighted by Gasteiger charge is -2.11. The van der Waals surface area contributed by atoms with Crippen molar-refractivity contribution in [1.29, 1.82) is 0 Å². The third kappa shape index (κ3) is 6.66. The number of nitrogens with one attached hydrogen (secondary N) is 1. The maximum atomic E-state index is 11.8. The second-order valence-corrected chi connectivity index (χ2v) is 4.37. The number of methoxy groups -OCH3 is 2. The maximum absolute atomic E-state index is 11.8. The molecule has 0 atom stereocenters. The second kappa shape index (κ2) is 8.47. The fraction of sp³-hybridized carbons (Fsp3) is 0.500. The van der Waals surface area contributed by atoms with Crippen LogP contribution in [-0.2, 0) is 16.1 Å². The smallest absolute Gasteiger partial charge is 0.411 e. The number of rotatable bonds is 8. The van der Waals surface area contributed by atoms with Crippen molar-refractivity contribution < 1.29 is 32.2 Å². The predicted octanol–water partition coefficient (Wildman–Crippen LogP) is 2.29. The van der Waals surface area contributed by atoms with Gasteiger partial charge in [0.25, 0.3) is 0 Å². The molecule has 0 aromatic heterocycles. The lowest BCUT2D eigenvalue weighted by atomic mass is 10.2. The molecule has 1 N–H and O–H groups in total. The zero-order valence-electron chi connectivity index (χ0n) is 12.3. The van der Waals surface area contributed by atoms with E-state index in [1.54, 1.807) is 18.2 Å². The molecule has 8 heteroatoms. The van der Waals surface area contributed by atoms with Gasteiger partial charge in [0.15, 0.2) is 0 Å². The number of carbonyl (C=O) groups is 1. The molecule has 124 valence electrons. The van der Waals surface area contributed by atoms with Gasteiger partial charge in [0.05, 0.1) is 20.8 Å². The lowest BCUT2D eigenvalue weighted by Crippen LogP contribution is -2.25. The first-order valence-corrected chi connectivity index (χ1v) is 6.48. The maximum Gasteiger partial charge on any atom is 0.411 e. The average Bonchev–Trinajstić information content (AvgIpc) is 2.48. The first kappa shape index (κ1) is 18.1. The van der Waals surface area contributed by atoms with E-state index >= 15 is 0 Å². The summed E-state index contributed by atoms with van der Waals surface area (Å²) in [6, 6.07) is 5.13. The molecule has 0 saturated carbocycles. The van der Waals surface area contributed by atoms with E-state index in [0.717, 1.165) is 5.56 Å². The summed E-state index contributed by atoms with van der Waals surface area (Å²) >= 11 is 0. The number of hydrogen-bond acceptors (Lipinski definition) is 4. The van der Waals surface area contributed by atoms with E-state index in [0.29, 0.717) is 11.5 Å². The summed E-state index contributed by atoms with van der Waals surface area (Å²) in [6.45, 7) is -1.44. The van der Waals surface area contributed by atoms with Gasteiger partial charge in [-0.1, -0.05) is 0 Å². The first-order valence-electron chi connectivity index (χ1n) is 6.48. The Bertz CT molecular complexity index is 491. The highest BCUT2D eigenvalue weighted by molar-refractivity contribution is 5.76. The molecule has 1 aromatic rings. The molecule has 0 aliphatic heterocycles. The van der Waals surface area contributed by atoms with Gasteiger partial charge in [0.2, 0.25) is 5.91 Å². The molecule has 5 nitrogen and oxygen atoms in total. The van der Waals surface area contributed by atoms with Crippen LogP contribution in [0.25, 0.3) is 0 Å². The zero-order valence-corrected chi connectivity index (χ0v) is 12.3. The third-order valence-electron chi connectivity index (χ3n) is 2.71. The second-order valence-electron chi connectivity index (χ2n) is 4.37. The molecule has 0 heterocycles. The molecule has 0 saturated heterocycles. The molecule has 1 rings (SSSR count). The normalized spacial score (nSPS) is 11.1. The highest BCUT2D eigenvalue weighted by Gasteiger charge is 2.27. The SMILES string of the molecule is COc1ccc(CNC(=O)CCOCC(F)(F)F)c(OC)c1. The minimum atomic E-state index is -4.38. The predicted molar refractivity (Wildman–Crippen MR) is 72.9 cm³/mol. The van der Waals surface area contributed by atoms with Crippen LogP contribution in [0.5, 0.6) is 11.5 Å². The number of ether oxygens (including phenoxy) is 3. The first-order chi connectivity index (χ1) is 10.4. The number of alkyl halides is 3. The molecule has 0 unspecified atom stereocenters. The minimum Gasteiger partial charge on any atom is -0.497 e. The molecular formula is C14H18F3NO4. The summed E-state index contributed by atoms with van der Waals surface area (Å²) in [5.74, 6) is 0.764. The molecule has 0 aliphatic rings. The summed E-state index contributed by atoms with van der Waals surface area (Å²) in [6.07, 6.45) is -4.53. The minimum absolute atomic E-state index is 0.144. The fourth-order valence-electron chi connectivity index (χ4n) is 1.63. The Hall–Kier alpha value is -1.96. The Kier molecular flexibility index (Phi) is 6.97. The van der Waals surface area contributed by atoms with Crippen LogP contribution >= 0.6 is 0 Å². The average molecular weight is 321 g/mol. The van der Waals surface area contributed by atoms with E-state index in [9.17, 15) is 18.0 Å². The van der Waals surface area contributed by atoms with Crippen LogP contribution < -0.4 is 14.8 Å². The van der Waals surface area contributed by atoms with Crippen LogP contribution in [0.3, 0.4) is 0 Å². The molecule has 0 spiro atoms. The van der Waals surface area contributed by atoms with Gasteiger partial charge in [-0.2, -0.15) is 13.2 Å². The number of hydrogen-bond donors (Lipinski definition) is 1. The molecule has 0 fully saturated rings. The quantitative estimate of drug-likeness (QED) is 0.747. The molecule has 0 radical (unpaired) electrons. The van der Waals surface area contributed by atoms with Gasteiger partial charge in [0.1, 0.15) is 18.1 Å². The van der Waals surface area contributed by atoms with Crippen molar-refractivity contribution in [2.24, 2.45) is 0 Å². The summed E-state index contributed by atoms with van der Waals surface area (Å²) in [7, 11) is 3.02. The standard InChI is InChI=1S/C14H18F3NO4/c1-20-11-4-3-10(12(7-11)21-2)8-18-13(19)5-6-22-9-14(15,16)17/h3-4,7H,5-6,8-9H2,1-2H3,(H,18,19). The molecule has 1 amide bonds. The highest BCUT2D eigenvalue weighted by atomic mass is 19.4. The van der Waals surface area contributed by atoms with Gasteiger partial charge in [-0.25, -0.2) is 0 Å². The highest BCUT2D eigenvalue weighted by Crippen LogP contribution is 2.24. The van der Waals surface area contributed by atoms with Gasteiger partial charge < -0.3 is 19.5 Å². The molecule has 0 aliphatic carbocycles. The van der Waals surface area contributed by atoms with Gasteiger partial charge in [-0.15, -0.1) is 0 Å². The Morgan fingerprint density at radius 1 is 1.23 bits per heavy atom. The van der Waals surface area contributed by atoms with Crippen molar-refractivity contribution in [3.63, 3.8) is 0 Å². The molecular weight excluding hydrogens is 303 g/mol. The Labute approximate surface area is 126 Å². The summed E-state index contributed by atoms with van der Waals surface area (Å²) in [5, 5.41) is 2.59. The number of halogens is 3. The van der Waals surface area contributed by atoms with Crippen LogP contribution in [-0.4, -0.2) is 39.5 Å². The van der Waals surface area contributed by atoms with Gasteiger partial charge in [-0.3, -0.25) is 4.79 Å². The lowest BCUT2D eigenvalue weighted by molar-refractivity contribution is -0.174. The molecule has 0 bridgehead atoms. The number of amides is 1. The van der Waals surface area contributed by atoms with Crippen molar-refractivity contribution in [2.45, 2.75) is 19.1 Å². The Morgan fingerprint density at radius 2 is 1.95 bits per heavy atom. The van der Waals surface area contributed by atoms with Gasteiger partial charge in [-0.05, 0) is 12.1 Å². The van der Waals surface area contributed by atoms with E-state index in [1.165, 1.54) is 14.2 Å². The van der Waals surface area contributed by atoms with Gasteiger partial charge >= 0.3 is 6.18 Å². The van der Waals surface area contributed by atoms with Crippen molar-refractivity contribution >= 4 is 5.91 Å². The van der Waals surface area contributed by atoms with E-state index < -0.39 is 18.7 Å². The van der Waals surface area contributed by atoms with Crippen LogP contribution in [0.2, 0.25) is 0 Å². The van der Waals surface area contributed by atoms with Crippen molar-refractivity contribution in [3.8, 4) is 11.5 Å². The summed E-state index contributed by atoms with van der Waals surface area (Å²) in [5.41, 5.74) is 0.729. The summed E-state index contributed by atoms with van der Waals surface area (Å²) < 4.78 is 50.1. The van der Waals surface area contributed by atoms with Crippen molar-refractivity contribution in [3.05, 3.63) is 23.8 Å². The van der Waals surface area contributed by atoms with E-state index in [1.807, 2.05) is 0 Å². The van der Waals surface area contributed by atoms with Crippen molar-refractivity contribution in [1.82, 2.24) is 5.32 Å². The number of carbonyl (C=O) groups excluding carboxylic acids is 1. The van der Waals surface area contributed by atoms with Crippen molar-refractivity contribution in [2.75, 3.05) is 27.4 Å². The molecule has 1 aromatic carbocycles. The van der Waals surface area contributed by atoms with E-state index in [-0.39, 0.29) is 19.6 Å². The monoisotopic (exact) mass is 321 g/mol. The van der Waals surface area contributed by atoms with Crippen LogP contribution in [0.15, 0.2) is 18.2 Å². The zero-order chi connectivity index (χ0) is 16.6. The van der Waals surface area contributed by atoms with E-state index in [2.05, 4.69) is 10.1 Å². The van der Waals surface area contributed by atoms with Gasteiger partial charge in [0, 0.05) is 24.6 Å². The van der Waals surface area contributed by atoms with E-state index in [4.69, 9.17) is 9.47 Å². The topological polar surface area (TPSA) is 56.8 Å². The Balaban J connectivity index is 2.38. The van der Waals surface area contributed by atoms with Crippen LogP contribution in [0.4, 0.5) is 13.2 Å². The largest absolute Gasteiger partial charge is 0.497 e. The fourth-order valence-corrected chi connectivity index (χ4v) is 1.63. The molecule has 22 heavy (non-hydrogen) atoms. The number of benzene rings is 1. The third-order valence-corrected chi connectivity index (χ3v) is 2.71. The van der Waals surface area contributed by atoms with Crippen LogP contribution in [0.1, 0.15) is 12.0 Å².